The fraction of sp³-hybridized carbons (Fsp3) is 0.242. The molecular formula is C33H34N7O. The van der Waals surface area contributed by atoms with Crippen molar-refractivity contribution in [3.8, 4) is 22.4 Å². The highest BCUT2D eigenvalue weighted by Crippen LogP contribution is 2.37. The van der Waals surface area contributed by atoms with Crippen molar-refractivity contribution < 1.29 is 5.11 Å². The number of hydrogen-bond donors (Lipinski definition) is 3. The van der Waals surface area contributed by atoms with Crippen LogP contribution in [0.2, 0.25) is 0 Å². The van der Waals surface area contributed by atoms with E-state index in [0.717, 1.165) is 60.2 Å². The fourth-order valence-electron chi connectivity index (χ4n) is 6.14. The topological polar surface area (TPSA) is 95.5 Å². The van der Waals surface area contributed by atoms with Crippen molar-refractivity contribution in [2.45, 2.75) is 32.0 Å². The number of fused-ring (bicyclic) bond motifs is 2. The van der Waals surface area contributed by atoms with Gasteiger partial charge in [0.05, 0.1) is 35.6 Å². The maximum Gasteiger partial charge on any atom is 0.160 e. The average Bonchev–Trinajstić information content (AvgIpc) is 3.59. The highest BCUT2D eigenvalue weighted by atomic mass is 16.3. The molecular weight excluding hydrogens is 510 g/mol. The van der Waals surface area contributed by atoms with Gasteiger partial charge in [-0.05, 0) is 42.2 Å². The van der Waals surface area contributed by atoms with Crippen LogP contribution in [0.15, 0.2) is 84.9 Å². The molecule has 1 radical (unpaired) electrons. The van der Waals surface area contributed by atoms with Gasteiger partial charge < -0.3 is 21.1 Å². The van der Waals surface area contributed by atoms with Crippen LogP contribution in [0.3, 0.4) is 0 Å². The highest BCUT2D eigenvalue weighted by Gasteiger charge is 2.29. The number of pyridine rings is 1. The largest absolute Gasteiger partial charge is 0.394 e. The van der Waals surface area contributed by atoms with Gasteiger partial charge in [-0.15, -0.1) is 0 Å². The van der Waals surface area contributed by atoms with Gasteiger partial charge in [0.25, 0.3) is 0 Å². The van der Waals surface area contributed by atoms with Gasteiger partial charge in [0.2, 0.25) is 0 Å². The van der Waals surface area contributed by atoms with Crippen LogP contribution < -0.4 is 16.0 Å². The summed E-state index contributed by atoms with van der Waals surface area (Å²) in [7, 11) is 0. The molecule has 1 saturated heterocycles. The van der Waals surface area contributed by atoms with Crippen molar-refractivity contribution in [3.05, 3.63) is 97.2 Å². The summed E-state index contributed by atoms with van der Waals surface area (Å²) < 4.78 is 1.69. The molecule has 2 aliphatic heterocycles. The van der Waals surface area contributed by atoms with Crippen LogP contribution in [-0.4, -0.2) is 50.5 Å². The number of aromatic nitrogens is 3. The molecule has 0 bridgehead atoms. The second kappa shape index (κ2) is 10.9. The minimum atomic E-state index is -0.0277. The number of para-hydroxylation sites is 2. The van der Waals surface area contributed by atoms with E-state index in [9.17, 15) is 5.11 Å². The summed E-state index contributed by atoms with van der Waals surface area (Å²) >= 11 is 0. The van der Waals surface area contributed by atoms with Crippen LogP contribution in [0, 0.1) is 6.67 Å². The van der Waals surface area contributed by atoms with E-state index in [1.54, 1.807) is 4.68 Å². The molecule has 4 heterocycles. The molecule has 0 spiro atoms. The zero-order valence-electron chi connectivity index (χ0n) is 22.9. The number of aliphatic hydroxyl groups excluding tert-OH is 1. The molecule has 3 aromatic carbocycles. The van der Waals surface area contributed by atoms with Crippen molar-refractivity contribution in [1.82, 2.24) is 19.7 Å². The Balaban J connectivity index is 1.10. The lowest BCUT2D eigenvalue weighted by Gasteiger charge is -2.37. The molecule has 8 nitrogen and oxygen atoms in total. The monoisotopic (exact) mass is 544 g/mol. The Morgan fingerprint density at radius 3 is 2.44 bits per heavy atom. The Labute approximate surface area is 240 Å². The molecule has 0 aliphatic carbocycles. The number of benzene rings is 3. The molecule has 2 aliphatic rings. The van der Waals surface area contributed by atoms with Crippen molar-refractivity contribution >= 4 is 28.2 Å². The predicted octanol–water partition coefficient (Wildman–Crippen LogP) is 5.36. The number of likely N-dealkylation sites (tertiary alicyclic amines) is 1. The third-order valence-electron chi connectivity index (χ3n) is 8.27. The summed E-state index contributed by atoms with van der Waals surface area (Å²) in [6.45, 7) is 5.53. The van der Waals surface area contributed by atoms with Crippen molar-refractivity contribution in [1.29, 1.82) is 0 Å². The highest BCUT2D eigenvalue weighted by molar-refractivity contribution is 5.95. The SMILES string of the molecule is Nc1nn(CCO)c2nc(-c3ccc(CN4CCC(N5[CH]Nc6ccccc65)CC4)cc3)c(-c3ccccc3)cc12. The Kier molecular flexibility index (Phi) is 6.78. The van der Waals surface area contributed by atoms with E-state index in [-0.39, 0.29) is 6.61 Å². The van der Waals surface area contributed by atoms with Gasteiger partial charge in [0.15, 0.2) is 11.5 Å². The summed E-state index contributed by atoms with van der Waals surface area (Å²) in [6, 6.07) is 30.2. The van der Waals surface area contributed by atoms with E-state index in [2.05, 4.69) is 93.6 Å². The summed E-state index contributed by atoms with van der Waals surface area (Å²) in [4.78, 5) is 10.0. The number of nitrogens with two attached hydrogens (primary N) is 1. The van der Waals surface area contributed by atoms with E-state index < -0.39 is 0 Å². The van der Waals surface area contributed by atoms with Crippen LogP contribution in [0.1, 0.15) is 18.4 Å². The van der Waals surface area contributed by atoms with Gasteiger partial charge in [-0.2, -0.15) is 5.10 Å². The summed E-state index contributed by atoms with van der Waals surface area (Å²) in [5.41, 5.74) is 14.7. The van der Waals surface area contributed by atoms with Crippen molar-refractivity contribution in [2.24, 2.45) is 0 Å². The summed E-state index contributed by atoms with van der Waals surface area (Å²) in [5.74, 6) is 0.423. The molecule has 41 heavy (non-hydrogen) atoms. The van der Waals surface area contributed by atoms with Gasteiger partial charge in [-0.25, -0.2) is 9.67 Å². The molecule has 5 aromatic rings. The molecule has 0 amide bonds. The first-order valence-corrected chi connectivity index (χ1v) is 14.3. The fourth-order valence-corrected chi connectivity index (χ4v) is 6.14. The number of nitrogens with one attached hydrogen (secondary N) is 1. The number of nitrogen functional groups attached to an aromatic ring is 1. The van der Waals surface area contributed by atoms with Gasteiger partial charge >= 0.3 is 0 Å². The molecule has 2 aromatic heterocycles. The first-order chi connectivity index (χ1) is 20.2. The quantitative estimate of drug-likeness (QED) is 0.254. The average molecular weight is 545 g/mol. The Hall–Kier alpha value is -4.40. The van der Waals surface area contributed by atoms with E-state index in [1.807, 2.05) is 18.2 Å². The van der Waals surface area contributed by atoms with Gasteiger partial charge in [0.1, 0.15) is 6.67 Å². The smallest absolute Gasteiger partial charge is 0.160 e. The molecule has 0 unspecified atom stereocenters. The summed E-state index contributed by atoms with van der Waals surface area (Å²) in [5, 5.41) is 18.2. The molecule has 4 N–H and O–H groups in total. The lowest BCUT2D eigenvalue weighted by atomic mass is 9.97. The van der Waals surface area contributed by atoms with E-state index in [0.29, 0.717) is 24.1 Å². The van der Waals surface area contributed by atoms with Gasteiger partial charge in [-0.3, -0.25) is 4.90 Å². The van der Waals surface area contributed by atoms with Crippen LogP contribution in [0.4, 0.5) is 17.2 Å². The molecule has 8 heteroatoms. The number of nitrogens with zero attached hydrogens (tertiary/aromatic N) is 5. The predicted molar refractivity (Wildman–Crippen MR) is 165 cm³/mol. The normalized spacial score (nSPS) is 15.8. The molecule has 0 atom stereocenters. The van der Waals surface area contributed by atoms with Gasteiger partial charge in [-0.1, -0.05) is 66.7 Å². The third kappa shape index (κ3) is 4.90. The first-order valence-electron chi connectivity index (χ1n) is 14.3. The Bertz CT molecular complexity index is 1660. The van der Waals surface area contributed by atoms with Crippen molar-refractivity contribution in [2.75, 3.05) is 35.6 Å². The van der Waals surface area contributed by atoms with E-state index >= 15 is 0 Å². The number of hydrogen-bond acceptors (Lipinski definition) is 7. The number of aliphatic hydroxyl groups is 1. The second-order valence-electron chi connectivity index (χ2n) is 10.9. The van der Waals surface area contributed by atoms with Gasteiger partial charge in [0, 0.05) is 36.8 Å². The number of rotatable bonds is 7. The van der Waals surface area contributed by atoms with Crippen molar-refractivity contribution in [3.63, 3.8) is 0 Å². The molecule has 207 valence electrons. The van der Waals surface area contributed by atoms with Crippen LogP contribution in [0.5, 0.6) is 0 Å². The van der Waals surface area contributed by atoms with E-state index in [4.69, 9.17) is 10.7 Å². The second-order valence-corrected chi connectivity index (χ2v) is 10.9. The number of piperidine rings is 1. The molecule has 0 saturated carbocycles. The lowest BCUT2D eigenvalue weighted by Crippen LogP contribution is -2.43. The minimum absolute atomic E-state index is 0.0277. The Morgan fingerprint density at radius 1 is 0.902 bits per heavy atom. The molecule has 1 fully saturated rings. The minimum Gasteiger partial charge on any atom is -0.394 e. The lowest BCUT2D eigenvalue weighted by molar-refractivity contribution is 0.204. The Morgan fingerprint density at radius 2 is 1.66 bits per heavy atom. The van der Waals surface area contributed by atoms with Crippen LogP contribution in [-0.2, 0) is 13.1 Å². The summed E-state index contributed by atoms with van der Waals surface area (Å²) in [6.07, 6.45) is 2.28. The third-order valence-corrected chi connectivity index (χ3v) is 8.27. The molecule has 7 rings (SSSR count). The number of anilines is 3. The van der Waals surface area contributed by atoms with E-state index in [1.165, 1.54) is 16.9 Å². The van der Waals surface area contributed by atoms with Crippen LogP contribution in [0.25, 0.3) is 33.4 Å². The standard InChI is InChI=1S/C33H34N7O/c34-32-28-20-27(24-6-2-1-3-7-24)31(36-33(28)40(37-32)18-19-41)25-12-10-23(11-13-25)21-38-16-14-26(15-17-38)39-22-35-29-8-4-5-9-30(29)39/h1-13,20,22,26,35,41H,14-19,21H2,(H2,34,37). The zero-order chi connectivity index (χ0) is 27.8. The maximum atomic E-state index is 9.54. The zero-order valence-corrected chi connectivity index (χ0v) is 22.9. The maximum absolute atomic E-state index is 9.54. The first kappa shape index (κ1) is 25.6. The van der Waals surface area contributed by atoms with Crippen LogP contribution >= 0.6 is 0 Å².